The molecule has 0 fully saturated rings. The summed E-state index contributed by atoms with van der Waals surface area (Å²) < 4.78 is 0. The van der Waals surface area contributed by atoms with Gasteiger partial charge in [0.05, 0.1) is 11.6 Å². The maximum atomic E-state index is 11.9. The van der Waals surface area contributed by atoms with Crippen LogP contribution in [-0.4, -0.2) is 4.98 Å². The minimum absolute atomic E-state index is 0.157. The van der Waals surface area contributed by atoms with Gasteiger partial charge >= 0.3 is 0 Å². The Morgan fingerprint density at radius 1 is 1.00 bits per heavy atom. The van der Waals surface area contributed by atoms with E-state index >= 15 is 0 Å². The van der Waals surface area contributed by atoms with Crippen molar-refractivity contribution in [3.05, 3.63) is 58.4 Å². The number of para-hydroxylation sites is 1. The Labute approximate surface area is 96.9 Å². The highest BCUT2D eigenvalue weighted by Crippen LogP contribution is 2.21. The molecule has 0 amide bonds. The zero-order valence-corrected chi connectivity index (χ0v) is 8.90. The lowest BCUT2D eigenvalue weighted by Crippen LogP contribution is -2.06. The van der Waals surface area contributed by atoms with Crippen molar-refractivity contribution in [2.24, 2.45) is 0 Å². The van der Waals surface area contributed by atoms with Crippen molar-refractivity contribution < 1.29 is 0 Å². The fraction of sp³-hybridized carbons (Fsp3) is 0. The van der Waals surface area contributed by atoms with Crippen LogP contribution in [0, 0.1) is 11.3 Å². The molecule has 0 spiro atoms. The van der Waals surface area contributed by atoms with E-state index in [1.165, 1.54) is 0 Å². The number of hydrogen-bond acceptors (Lipinski definition) is 2. The van der Waals surface area contributed by atoms with E-state index in [1.807, 2.05) is 36.4 Å². The molecule has 3 aromatic rings. The molecule has 1 heterocycles. The lowest BCUT2D eigenvalue weighted by molar-refractivity contribution is 1.34. The van der Waals surface area contributed by atoms with Gasteiger partial charge in [-0.25, -0.2) is 0 Å². The number of H-pyrrole nitrogens is 1. The van der Waals surface area contributed by atoms with Gasteiger partial charge in [0.15, 0.2) is 0 Å². The van der Waals surface area contributed by atoms with Gasteiger partial charge in [-0.2, -0.15) is 5.26 Å². The first-order chi connectivity index (χ1) is 8.29. The first-order valence-electron chi connectivity index (χ1n) is 5.24. The van der Waals surface area contributed by atoms with Gasteiger partial charge in [0.1, 0.15) is 0 Å². The third-order valence-corrected chi connectivity index (χ3v) is 2.86. The number of aromatic nitrogens is 1. The summed E-state index contributed by atoms with van der Waals surface area (Å²) in [7, 11) is 0. The average molecular weight is 220 g/mol. The van der Waals surface area contributed by atoms with Crippen LogP contribution in [0.1, 0.15) is 5.56 Å². The van der Waals surface area contributed by atoms with Crippen molar-refractivity contribution in [3.63, 3.8) is 0 Å². The molecule has 0 aliphatic heterocycles. The molecule has 17 heavy (non-hydrogen) atoms. The lowest BCUT2D eigenvalue weighted by atomic mass is 10.0. The molecule has 3 heteroatoms. The molecule has 0 unspecified atom stereocenters. The first kappa shape index (κ1) is 9.61. The quantitative estimate of drug-likeness (QED) is 0.592. The highest BCUT2D eigenvalue weighted by atomic mass is 16.1. The number of nitrogens with zero attached hydrogens (tertiary/aromatic N) is 1. The maximum Gasteiger partial charge on any atom is 0.256 e. The molecule has 0 saturated heterocycles. The smallest absolute Gasteiger partial charge is 0.256 e. The topological polar surface area (TPSA) is 56.6 Å². The van der Waals surface area contributed by atoms with E-state index in [-0.39, 0.29) is 5.56 Å². The molecule has 0 aliphatic rings. The Balaban J connectivity index is 2.60. The summed E-state index contributed by atoms with van der Waals surface area (Å²) in [4.78, 5) is 14.7. The zero-order valence-electron chi connectivity index (χ0n) is 8.90. The van der Waals surface area contributed by atoms with Gasteiger partial charge in [0.2, 0.25) is 0 Å². The standard InChI is InChI=1S/C14H8N2O/c15-8-9-5-6-10-11-3-1-2-4-13(11)16-14(17)12(10)7-9/h1-7H,(H,16,17). The number of hydrogen-bond donors (Lipinski definition) is 1. The summed E-state index contributed by atoms with van der Waals surface area (Å²) in [6.45, 7) is 0. The summed E-state index contributed by atoms with van der Waals surface area (Å²) in [6, 6.07) is 14.9. The number of aromatic amines is 1. The highest BCUT2D eigenvalue weighted by molar-refractivity contribution is 6.05. The van der Waals surface area contributed by atoms with E-state index in [0.29, 0.717) is 10.9 Å². The Kier molecular flexibility index (Phi) is 1.96. The van der Waals surface area contributed by atoms with Gasteiger partial charge in [-0.15, -0.1) is 0 Å². The van der Waals surface area contributed by atoms with Crippen molar-refractivity contribution in [2.45, 2.75) is 0 Å². The fourth-order valence-electron chi connectivity index (χ4n) is 2.05. The van der Waals surface area contributed by atoms with Gasteiger partial charge < -0.3 is 4.98 Å². The molecule has 0 radical (unpaired) electrons. The molecule has 0 atom stereocenters. The van der Waals surface area contributed by atoms with Crippen LogP contribution in [0.25, 0.3) is 21.7 Å². The second-order valence-electron chi connectivity index (χ2n) is 3.87. The second-order valence-corrected chi connectivity index (χ2v) is 3.87. The molecule has 0 aliphatic carbocycles. The summed E-state index contributed by atoms with van der Waals surface area (Å²) in [5.41, 5.74) is 1.16. The minimum Gasteiger partial charge on any atom is -0.321 e. The number of pyridine rings is 1. The van der Waals surface area contributed by atoms with Crippen molar-refractivity contribution >= 4 is 21.7 Å². The Hall–Kier alpha value is -2.60. The molecular weight excluding hydrogens is 212 g/mol. The molecule has 0 bridgehead atoms. The first-order valence-corrected chi connectivity index (χ1v) is 5.24. The number of rotatable bonds is 0. The summed E-state index contributed by atoms with van der Waals surface area (Å²) >= 11 is 0. The van der Waals surface area contributed by atoms with E-state index in [2.05, 4.69) is 4.98 Å². The summed E-state index contributed by atoms with van der Waals surface area (Å²) in [5, 5.41) is 11.3. The van der Waals surface area contributed by atoms with Crippen molar-refractivity contribution in [2.75, 3.05) is 0 Å². The van der Waals surface area contributed by atoms with Crippen LogP contribution in [0.15, 0.2) is 47.3 Å². The molecule has 0 saturated carbocycles. The molecule has 3 rings (SSSR count). The number of nitriles is 1. The van der Waals surface area contributed by atoms with Gasteiger partial charge in [-0.05, 0) is 23.6 Å². The normalized spacial score (nSPS) is 10.5. The molecule has 1 N–H and O–H groups in total. The molecule has 80 valence electrons. The van der Waals surface area contributed by atoms with Gasteiger partial charge in [-0.3, -0.25) is 4.79 Å². The average Bonchev–Trinajstić information content (AvgIpc) is 2.38. The van der Waals surface area contributed by atoms with Crippen LogP contribution in [0.4, 0.5) is 0 Å². The molecule has 2 aromatic carbocycles. The highest BCUT2D eigenvalue weighted by Gasteiger charge is 2.05. The van der Waals surface area contributed by atoms with Crippen LogP contribution in [0.2, 0.25) is 0 Å². The van der Waals surface area contributed by atoms with Gasteiger partial charge in [0, 0.05) is 16.3 Å². The van der Waals surface area contributed by atoms with Crippen molar-refractivity contribution in [1.29, 1.82) is 5.26 Å². The molecule has 3 nitrogen and oxygen atoms in total. The number of fused-ring (bicyclic) bond motifs is 3. The van der Waals surface area contributed by atoms with E-state index in [0.717, 1.165) is 16.3 Å². The van der Waals surface area contributed by atoms with Crippen molar-refractivity contribution in [1.82, 2.24) is 4.98 Å². The second kappa shape index (κ2) is 3.46. The molecular formula is C14H8N2O. The third kappa shape index (κ3) is 1.39. The maximum absolute atomic E-state index is 11.9. The Bertz CT molecular complexity index is 825. The van der Waals surface area contributed by atoms with E-state index in [1.54, 1.807) is 12.1 Å². The Morgan fingerprint density at radius 3 is 2.65 bits per heavy atom. The van der Waals surface area contributed by atoms with Crippen LogP contribution in [-0.2, 0) is 0 Å². The van der Waals surface area contributed by atoms with Crippen LogP contribution in [0.3, 0.4) is 0 Å². The summed E-state index contributed by atoms with van der Waals surface area (Å²) in [5.74, 6) is 0. The number of benzene rings is 2. The number of nitrogens with one attached hydrogen (secondary N) is 1. The fourth-order valence-corrected chi connectivity index (χ4v) is 2.05. The summed E-state index contributed by atoms with van der Waals surface area (Å²) in [6.07, 6.45) is 0. The minimum atomic E-state index is -0.157. The zero-order chi connectivity index (χ0) is 11.8. The third-order valence-electron chi connectivity index (χ3n) is 2.86. The predicted octanol–water partition coefficient (Wildman–Crippen LogP) is 2.55. The van der Waals surface area contributed by atoms with Crippen LogP contribution < -0.4 is 5.56 Å². The lowest BCUT2D eigenvalue weighted by Gasteiger charge is -2.03. The van der Waals surface area contributed by atoms with Gasteiger partial charge in [-0.1, -0.05) is 24.3 Å². The molecule has 1 aromatic heterocycles. The van der Waals surface area contributed by atoms with Crippen molar-refractivity contribution in [3.8, 4) is 6.07 Å². The van der Waals surface area contributed by atoms with E-state index in [4.69, 9.17) is 5.26 Å². The van der Waals surface area contributed by atoms with Crippen LogP contribution in [0.5, 0.6) is 0 Å². The monoisotopic (exact) mass is 220 g/mol. The largest absolute Gasteiger partial charge is 0.321 e. The van der Waals surface area contributed by atoms with E-state index in [9.17, 15) is 4.79 Å². The SMILES string of the molecule is N#Cc1ccc2c(c1)c(=O)[nH]c1ccccc12. The van der Waals surface area contributed by atoms with E-state index < -0.39 is 0 Å². The van der Waals surface area contributed by atoms with Gasteiger partial charge in [0.25, 0.3) is 5.56 Å². The predicted molar refractivity (Wildman–Crippen MR) is 66.8 cm³/mol. The Morgan fingerprint density at radius 2 is 1.82 bits per heavy atom. The van der Waals surface area contributed by atoms with Crippen LogP contribution >= 0.6 is 0 Å².